The van der Waals surface area contributed by atoms with Gasteiger partial charge in [-0.3, -0.25) is 34.2 Å². The molecule has 1 aliphatic carbocycles. The van der Waals surface area contributed by atoms with E-state index in [2.05, 4.69) is 59.1 Å². The average molecular weight is 875 g/mol. The third kappa shape index (κ3) is 8.43. The third-order valence-electron chi connectivity index (χ3n) is 13.9. The molecule has 0 radical (unpaired) electrons. The van der Waals surface area contributed by atoms with Crippen LogP contribution in [-0.4, -0.2) is 133 Å². The number of hydrogen-bond acceptors (Lipinski definition) is 10. The summed E-state index contributed by atoms with van der Waals surface area (Å²) in [5.41, 5.74) is 8.44. The van der Waals surface area contributed by atoms with Crippen LogP contribution in [0, 0.1) is 0 Å². The lowest BCUT2D eigenvalue weighted by Gasteiger charge is -2.44. The molecular weight excluding hydrogens is 817 g/mol. The van der Waals surface area contributed by atoms with Gasteiger partial charge in [-0.1, -0.05) is 45.0 Å². The lowest BCUT2D eigenvalue weighted by Crippen LogP contribution is -2.54. The number of hydrogen-bond donors (Lipinski definition) is 2. The summed E-state index contributed by atoms with van der Waals surface area (Å²) in [7, 11) is 0. The van der Waals surface area contributed by atoms with Crippen molar-refractivity contribution in [1.82, 2.24) is 25.0 Å². The lowest BCUT2D eigenvalue weighted by atomic mass is 9.70. The molecule has 63 heavy (non-hydrogen) atoms. The van der Waals surface area contributed by atoms with Crippen molar-refractivity contribution in [2.24, 2.45) is 0 Å². The predicted octanol–water partition coefficient (Wildman–Crippen LogP) is 5.69. The second kappa shape index (κ2) is 18.2. The molecule has 0 spiro atoms. The highest BCUT2D eigenvalue weighted by molar-refractivity contribution is 7.99. The number of carbonyl (C=O) groups is 5. The second-order valence-electron chi connectivity index (χ2n) is 17.9. The number of nitrogens with one attached hydrogen (secondary N) is 2. The minimum Gasteiger partial charge on any atom is -0.379 e. The van der Waals surface area contributed by atoms with E-state index in [-0.39, 0.29) is 35.3 Å². The fourth-order valence-corrected chi connectivity index (χ4v) is 11.3. The van der Waals surface area contributed by atoms with Gasteiger partial charge in [-0.05, 0) is 72.7 Å². The van der Waals surface area contributed by atoms with Crippen LogP contribution in [0.3, 0.4) is 0 Å². The zero-order chi connectivity index (χ0) is 43.8. The van der Waals surface area contributed by atoms with Crippen molar-refractivity contribution in [3.63, 3.8) is 0 Å². The van der Waals surface area contributed by atoms with E-state index in [1.807, 2.05) is 35.2 Å². The van der Waals surface area contributed by atoms with Gasteiger partial charge in [-0.15, -0.1) is 11.8 Å². The van der Waals surface area contributed by atoms with E-state index >= 15 is 0 Å². The average Bonchev–Trinajstić information content (AvgIpc) is 3.86. The van der Waals surface area contributed by atoms with Crippen LogP contribution < -0.4 is 10.2 Å². The van der Waals surface area contributed by atoms with Gasteiger partial charge in [-0.2, -0.15) is 0 Å². The van der Waals surface area contributed by atoms with Crippen LogP contribution in [0.5, 0.6) is 0 Å². The molecule has 5 heterocycles. The molecule has 13 nitrogen and oxygen atoms in total. The minimum atomic E-state index is -0.631. The van der Waals surface area contributed by atoms with E-state index < -0.39 is 11.9 Å². The largest absolute Gasteiger partial charge is 0.379 e. The number of aromatic amines is 1. The number of amides is 4. The monoisotopic (exact) mass is 874 g/mol. The van der Waals surface area contributed by atoms with E-state index in [1.54, 1.807) is 22.7 Å². The van der Waals surface area contributed by atoms with Gasteiger partial charge in [0, 0.05) is 108 Å². The summed E-state index contributed by atoms with van der Waals surface area (Å²) in [5.74, 6) is 0.0614. The van der Waals surface area contributed by atoms with Crippen molar-refractivity contribution in [1.29, 1.82) is 0 Å². The van der Waals surface area contributed by atoms with E-state index in [1.165, 1.54) is 11.3 Å². The Kier molecular flexibility index (Phi) is 12.5. The van der Waals surface area contributed by atoms with Crippen LogP contribution in [-0.2, 0) is 42.2 Å². The van der Waals surface area contributed by atoms with Crippen LogP contribution >= 0.6 is 11.8 Å². The molecule has 4 aliphatic heterocycles. The van der Waals surface area contributed by atoms with Crippen LogP contribution in [0.1, 0.15) is 102 Å². The van der Waals surface area contributed by atoms with Gasteiger partial charge in [0.05, 0.1) is 38.4 Å². The van der Waals surface area contributed by atoms with Crippen molar-refractivity contribution in [3.05, 3.63) is 93.7 Å². The summed E-state index contributed by atoms with van der Waals surface area (Å²) in [6.45, 7) is 13.9. The van der Waals surface area contributed by atoms with Gasteiger partial charge in [0.2, 0.25) is 17.7 Å². The lowest BCUT2D eigenvalue weighted by molar-refractivity contribution is -0.137. The Morgan fingerprint density at radius 3 is 2.38 bits per heavy atom. The van der Waals surface area contributed by atoms with E-state index in [0.717, 1.165) is 102 Å². The Morgan fingerprint density at radius 2 is 1.62 bits per heavy atom. The van der Waals surface area contributed by atoms with Crippen LogP contribution in [0.25, 0.3) is 10.9 Å². The number of aromatic nitrogens is 1. The molecule has 332 valence electrons. The van der Waals surface area contributed by atoms with Crippen molar-refractivity contribution in [2.75, 3.05) is 76.3 Å². The number of para-hydroxylation sites is 1. The Labute approximate surface area is 373 Å². The van der Waals surface area contributed by atoms with Crippen molar-refractivity contribution < 1.29 is 33.4 Å². The number of rotatable bonds is 14. The summed E-state index contributed by atoms with van der Waals surface area (Å²) in [6.07, 6.45) is 3.92. The first-order valence-electron chi connectivity index (χ1n) is 22.7. The van der Waals surface area contributed by atoms with Gasteiger partial charge in [0.1, 0.15) is 6.04 Å². The number of thioether (sulfide) groups is 1. The Hall–Kier alpha value is -5.02. The maximum absolute atomic E-state index is 14.0. The molecule has 3 saturated heterocycles. The van der Waals surface area contributed by atoms with E-state index in [0.29, 0.717) is 63.2 Å². The maximum Gasteiger partial charge on any atom is 0.255 e. The molecule has 3 aromatic carbocycles. The number of carbonyl (C=O) groups excluding carboxylic acids is 5. The van der Waals surface area contributed by atoms with Gasteiger partial charge < -0.3 is 29.2 Å². The summed E-state index contributed by atoms with van der Waals surface area (Å²) in [6, 6.07) is 18.1. The molecule has 14 heteroatoms. The topological polar surface area (TPSA) is 145 Å². The fraction of sp³-hybridized carbons (Fsp3) is 0.490. The number of H-pyrrole nitrogens is 1. The molecule has 4 aromatic rings. The summed E-state index contributed by atoms with van der Waals surface area (Å²) < 4.78 is 11.6. The Morgan fingerprint density at radius 1 is 0.857 bits per heavy atom. The van der Waals surface area contributed by atoms with Crippen molar-refractivity contribution in [3.8, 4) is 0 Å². The van der Waals surface area contributed by atoms with Crippen molar-refractivity contribution >= 4 is 57.8 Å². The number of piperidine rings is 2. The molecule has 1 unspecified atom stereocenters. The number of benzene rings is 3. The van der Waals surface area contributed by atoms with E-state index in [4.69, 9.17) is 9.47 Å². The maximum atomic E-state index is 14.0. The molecule has 4 amide bonds. The molecule has 1 aromatic heterocycles. The first-order chi connectivity index (χ1) is 30.5. The number of piperazine rings is 1. The number of ketones is 1. The minimum absolute atomic E-state index is 0.118. The highest BCUT2D eigenvalue weighted by Gasteiger charge is 2.42. The third-order valence-corrected chi connectivity index (χ3v) is 15.0. The zero-order valence-corrected chi connectivity index (χ0v) is 37.5. The molecule has 3 fully saturated rings. The molecule has 1 atom stereocenters. The van der Waals surface area contributed by atoms with Gasteiger partial charge in [-0.25, -0.2) is 0 Å². The molecule has 0 bridgehead atoms. The number of aryl methyl sites for hydroxylation is 1. The Balaban J connectivity index is 0.672. The molecule has 2 N–H and O–H groups in total. The fourth-order valence-electron chi connectivity index (χ4n) is 10.4. The standard InChI is InChI=1S/C49H58N6O7S/c1-4-31-28-35-37(49(2,3)46-44(45(35)58)34-8-5-6-10-38(34)50-46)29-40(31)53-17-14-32(15-18-53)52-19-21-54(22-20-52)43(57)16-23-61-24-25-62-26-27-63-41-11-7-9-33-36(41)30-55(48(33)60)39-12-13-42(56)51-47(39)59/h5-11,28-29,32,39,50H,4,12-27,30H2,1-3H3,(H,51,56,59). The highest BCUT2D eigenvalue weighted by Crippen LogP contribution is 2.46. The smallest absolute Gasteiger partial charge is 0.255 e. The zero-order valence-electron chi connectivity index (χ0n) is 36.6. The van der Waals surface area contributed by atoms with Gasteiger partial charge >= 0.3 is 0 Å². The van der Waals surface area contributed by atoms with E-state index in [9.17, 15) is 24.0 Å². The van der Waals surface area contributed by atoms with Crippen LogP contribution in [0.15, 0.2) is 59.5 Å². The highest BCUT2D eigenvalue weighted by atomic mass is 32.2. The quantitative estimate of drug-likeness (QED) is 0.0922. The second-order valence-corrected chi connectivity index (χ2v) is 19.0. The molecular formula is C49H58N6O7S. The SMILES string of the molecule is CCc1cc2c(cc1N1CCC(N3CCN(C(=O)CCOCCOCCSc4cccc5c4CN(C4CCC(=O)NC4=O)C5=O)CC3)CC1)C(C)(C)c1[nH]c3ccccc3c1C2=O. The van der Waals surface area contributed by atoms with Crippen LogP contribution in [0.4, 0.5) is 5.69 Å². The molecule has 9 rings (SSSR count). The first kappa shape index (κ1) is 43.2. The number of nitrogens with zero attached hydrogens (tertiary/aromatic N) is 4. The Bertz CT molecular complexity index is 2430. The predicted molar refractivity (Wildman–Crippen MR) is 243 cm³/mol. The van der Waals surface area contributed by atoms with Gasteiger partial charge in [0.15, 0.2) is 5.78 Å². The number of ether oxygens (including phenoxy) is 2. The molecule has 0 saturated carbocycles. The first-order valence-corrected chi connectivity index (χ1v) is 23.7. The number of imide groups is 1. The summed E-state index contributed by atoms with van der Waals surface area (Å²) in [4.78, 5) is 77.5. The molecule has 5 aliphatic rings. The normalized spacial score (nSPS) is 20.3. The van der Waals surface area contributed by atoms with Gasteiger partial charge in [0.25, 0.3) is 5.91 Å². The number of fused-ring (bicyclic) bond motifs is 5. The number of anilines is 1. The summed E-state index contributed by atoms with van der Waals surface area (Å²) >= 11 is 1.61. The van der Waals surface area contributed by atoms with Crippen LogP contribution in [0.2, 0.25) is 0 Å². The van der Waals surface area contributed by atoms with Crippen molar-refractivity contribution in [2.45, 2.75) is 88.2 Å². The summed E-state index contributed by atoms with van der Waals surface area (Å²) in [5, 5.41) is 3.35.